The molecule has 0 aromatic rings. The molecule has 3 nitrogen and oxygen atoms in total. The van der Waals surface area contributed by atoms with Gasteiger partial charge in [0.2, 0.25) is 6.04 Å². The van der Waals surface area contributed by atoms with Crippen LogP contribution in [-0.2, 0) is 0 Å². The number of nitrogens with zero attached hydrogens (tertiary/aromatic N) is 1. The summed E-state index contributed by atoms with van der Waals surface area (Å²) in [5.41, 5.74) is 0. The molecular weight excluding hydrogens is 118 g/mol. The molecule has 1 saturated carbocycles. The fraction of sp³-hybridized carbons (Fsp3) is 1.00. The van der Waals surface area contributed by atoms with Crippen LogP contribution in [0.5, 0.6) is 0 Å². The van der Waals surface area contributed by atoms with Crippen molar-refractivity contribution in [1.82, 2.24) is 0 Å². The minimum absolute atomic E-state index is 0.177. The average Bonchev–Trinajstić information content (AvgIpc) is 1.60. The van der Waals surface area contributed by atoms with E-state index in [9.17, 15) is 10.1 Å². The maximum absolute atomic E-state index is 10.1. The maximum Gasteiger partial charge on any atom is 0.213 e. The minimum Gasteiger partial charge on any atom is -0.264 e. The number of hydrogen-bond donors (Lipinski definition) is 0. The maximum atomic E-state index is 10.1. The Bertz CT molecular complexity index is 120. The molecule has 0 radical (unpaired) electrons. The Balaban J connectivity index is 2.32. The first-order valence-corrected chi connectivity index (χ1v) is 3.35. The predicted octanol–water partition coefficient (Wildman–Crippen LogP) is 1.45. The van der Waals surface area contributed by atoms with Crippen LogP contribution in [0, 0.1) is 16.0 Å². The molecule has 0 spiro atoms. The number of rotatable bonds is 2. The Morgan fingerprint density at radius 1 is 1.67 bits per heavy atom. The summed E-state index contributed by atoms with van der Waals surface area (Å²) in [6, 6.07) is -0.307. The molecule has 1 fully saturated rings. The molecule has 3 heteroatoms. The van der Waals surface area contributed by atoms with Crippen LogP contribution in [0.1, 0.15) is 26.2 Å². The molecule has 0 aromatic heterocycles. The Morgan fingerprint density at radius 3 is 2.33 bits per heavy atom. The van der Waals surface area contributed by atoms with Crippen LogP contribution >= 0.6 is 0 Å². The lowest BCUT2D eigenvalue weighted by Crippen LogP contribution is -2.30. The van der Waals surface area contributed by atoms with Crippen molar-refractivity contribution in [3.8, 4) is 0 Å². The second kappa shape index (κ2) is 2.33. The summed E-state index contributed by atoms with van der Waals surface area (Å²) in [6.45, 7) is 1.70. The molecule has 0 bridgehead atoms. The lowest BCUT2D eigenvalue weighted by molar-refractivity contribution is -0.530. The molecule has 0 aromatic carbocycles. The molecule has 1 aliphatic rings. The zero-order valence-corrected chi connectivity index (χ0v) is 5.54. The normalized spacial score (nSPS) is 22.8. The van der Waals surface area contributed by atoms with Gasteiger partial charge in [0, 0.05) is 17.8 Å². The summed E-state index contributed by atoms with van der Waals surface area (Å²) in [7, 11) is 0. The van der Waals surface area contributed by atoms with Crippen LogP contribution in [0.4, 0.5) is 0 Å². The van der Waals surface area contributed by atoms with Crippen LogP contribution in [0.25, 0.3) is 0 Å². The van der Waals surface area contributed by atoms with E-state index in [1.807, 2.05) is 0 Å². The summed E-state index contributed by atoms with van der Waals surface area (Å²) in [4.78, 5) is 9.96. The minimum atomic E-state index is -0.307. The van der Waals surface area contributed by atoms with Gasteiger partial charge in [0.15, 0.2) is 0 Å². The van der Waals surface area contributed by atoms with Crippen molar-refractivity contribution in [2.75, 3.05) is 0 Å². The quantitative estimate of drug-likeness (QED) is 0.418. The van der Waals surface area contributed by atoms with Gasteiger partial charge in [-0.3, -0.25) is 10.1 Å². The standard InChI is InChI=1S/C6H11NO2/c1-5(7(8)9)6-3-2-4-6/h5-6H,2-4H2,1H3. The van der Waals surface area contributed by atoms with Crippen molar-refractivity contribution in [3.05, 3.63) is 10.1 Å². The SMILES string of the molecule is CC(C1CCC1)[N+](=O)[O-]. The topological polar surface area (TPSA) is 43.1 Å². The van der Waals surface area contributed by atoms with E-state index in [1.54, 1.807) is 6.92 Å². The van der Waals surface area contributed by atoms with Gasteiger partial charge in [-0.15, -0.1) is 0 Å². The Morgan fingerprint density at radius 2 is 2.22 bits per heavy atom. The summed E-state index contributed by atoms with van der Waals surface area (Å²) in [5.74, 6) is 0.375. The molecule has 1 unspecified atom stereocenters. The zero-order valence-electron chi connectivity index (χ0n) is 5.54. The Kier molecular flexibility index (Phi) is 1.69. The van der Waals surface area contributed by atoms with E-state index >= 15 is 0 Å². The Labute approximate surface area is 54.2 Å². The first-order valence-electron chi connectivity index (χ1n) is 3.35. The monoisotopic (exact) mass is 129 g/mol. The average molecular weight is 129 g/mol. The van der Waals surface area contributed by atoms with E-state index in [1.165, 1.54) is 6.42 Å². The highest BCUT2D eigenvalue weighted by atomic mass is 16.6. The molecular formula is C6H11NO2. The largest absolute Gasteiger partial charge is 0.264 e. The molecule has 1 atom stereocenters. The fourth-order valence-electron chi connectivity index (χ4n) is 1.09. The molecule has 0 aliphatic heterocycles. The molecule has 0 N–H and O–H groups in total. The van der Waals surface area contributed by atoms with E-state index in [2.05, 4.69) is 0 Å². The van der Waals surface area contributed by atoms with E-state index in [4.69, 9.17) is 0 Å². The highest BCUT2D eigenvalue weighted by molar-refractivity contribution is 4.74. The summed E-state index contributed by atoms with van der Waals surface area (Å²) < 4.78 is 0. The van der Waals surface area contributed by atoms with E-state index in [0.29, 0.717) is 5.92 Å². The van der Waals surface area contributed by atoms with Crippen LogP contribution in [0.3, 0.4) is 0 Å². The lowest BCUT2D eigenvalue weighted by atomic mass is 9.81. The van der Waals surface area contributed by atoms with Gasteiger partial charge >= 0.3 is 0 Å². The van der Waals surface area contributed by atoms with E-state index in [-0.39, 0.29) is 11.0 Å². The third-order valence-electron chi connectivity index (χ3n) is 2.16. The van der Waals surface area contributed by atoms with Crippen molar-refractivity contribution < 1.29 is 4.92 Å². The summed E-state index contributed by atoms with van der Waals surface area (Å²) in [5, 5.41) is 10.1. The number of hydrogen-bond acceptors (Lipinski definition) is 2. The highest BCUT2D eigenvalue weighted by Crippen LogP contribution is 2.30. The molecule has 9 heavy (non-hydrogen) atoms. The van der Waals surface area contributed by atoms with E-state index < -0.39 is 0 Å². The molecule has 0 amide bonds. The second-order valence-electron chi connectivity index (χ2n) is 2.72. The van der Waals surface area contributed by atoms with Crippen molar-refractivity contribution in [1.29, 1.82) is 0 Å². The molecule has 52 valence electrons. The van der Waals surface area contributed by atoms with Crippen molar-refractivity contribution in [2.24, 2.45) is 5.92 Å². The van der Waals surface area contributed by atoms with Gasteiger partial charge in [-0.05, 0) is 12.8 Å². The van der Waals surface area contributed by atoms with Gasteiger partial charge in [0.05, 0.1) is 0 Å². The van der Waals surface area contributed by atoms with Crippen molar-refractivity contribution >= 4 is 0 Å². The van der Waals surface area contributed by atoms with Gasteiger partial charge < -0.3 is 0 Å². The molecule has 0 saturated heterocycles. The Hall–Kier alpha value is -0.600. The lowest BCUT2D eigenvalue weighted by Gasteiger charge is -2.25. The molecule has 1 rings (SSSR count). The van der Waals surface area contributed by atoms with Crippen molar-refractivity contribution in [2.45, 2.75) is 32.2 Å². The summed E-state index contributed by atoms with van der Waals surface area (Å²) >= 11 is 0. The molecule has 1 aliphatic carbocycles. The van der Waals surface area contributed by atoms with E-state index in [0.717, 1.165) is 12.8 Å². The van der Waals surface area contributed by atoms with Crippen LogP contribution in [0.15, 0.2) is 0 Å². The predicted molar refractivity (Wildman–Crippen MR) is 33.8 cm³/mol. The van der Waals surface area contributed by atoms with Gasteiger partial charge in [-0.2, -0.15) is 0 Å². The van der Waals surface area contributed by atoms with Gasteiger partial charge in [-0.25, -0.2) is 0 Å². The molecule has 0 heterocycles. The fourth-order valence-corrected chi connectivity index (χ4v) is 1.09. The first-order chi connectivity index (χ1) is 4.22. The smallest absolute Gasteiger partial charge is 0.213 e. The third kappa shape index (κ3) is 1.20. The van der Waals surface area contributed by atoms with Crippen LogP contribution < -0.4 is 0 Å². The second-order valence-corrected chi connectivity index (χ2v) is 2.72. The van der Waals surface area contributed by atoms with Crippen LogP contribution in [-0.4, -0.2) is 11.0 Å². The van der Waals surface area contributed by atoms with Gasteiger partial charge in [-0.1, -0.05) is 6.42 Å². The first kappa shape index (κ1) is 6.52. The number of nitro groups is 1. The van der Waals surface area contributed by atoms with Gasteiger partial charge in [0.25, 0.3) is 0 Å². The summed E-state index contributed by atoms with van der Waals surface area (Å²) in [6.07, 6.45) is 3.30. The van der Waals surface area contributed by atoms with Gasteiger partial charge in [0.1, 0.15) is 0 Å². The third-order valence-corrected chi connectivity index (χ3v) is 2.16. The zero-order chi connectivity index (χ0) is 6.85. The van der Waals surface area contributed by atoms with Crippen molar-refractivity contribution in [3.63, 3.8) is 0 Å². The van der Waals surface area contributed by atoms with Crippen LogP contribution in [0.2, 0.25) is 0 Å². The highest BCUT2D eigenvalue weighted by Gasteiger charge is 2.31.